The van der Waals surface area contributed by atoms with E-state index in [1.165, 1.54) is 0 Å². The Hall–Kier alpha value is -1.63. The van der Waals surface area contributed by atoms with Crippen LogP contribution in [0, 0.1) is 0 Å². The van der Waals surface area contributed by atoms with Crippen LogP contribution in [-0.4, -0.2) is 23.8 Å². The summed E-state index contributed by atoms with van der Waals surface area (Å²) in [6.45, 7) is 0. The molecule has 0 fully saturated rings. The Bertz CT molecular complexity index is 463. The van der Waals surface area contributed by atoms with Gasteiger partial charge in [0, 0.05) is 0 Å². The maximum Gasteiger partial charge on any atom is 0.362 e. The fraction of sp³-hybridized carbons (Fsp3) is 0.364. The van der Waals surface area contributed by atoms with Gasteiger partial charge in [-0.3, -0.25) is 5.73 Å². The number of rotatable bonds is 3. The lowest BCUT2D eigenvalue weighted by Gasteiger charge is -2.29. The summed E-state index contributed by atoms with van der Waals surface area (Å²) in [7, 11) is 0. The molecule has 0 saturated heterocycles. The van der Waals surface area contributed by atoms with E-state index in [-0.39, 0.29) is 5.71 Å². The highest BCUT2D eigenvalue weighted by molar-refractivity contribution is 6.01. The van der Waals surface area contributed by atoms with E-state index in [0.717, 1.165) is 0 Å². The average Bonchev–Trinajstić information content (AvgIpc) is 2.74. The largest absolute Gasteiger partial charge is 0.366 e. The highest BCUT2D eigenvalue weighted by Crippen LogP contribution is 2.40. The summed E-state index contributed by atoms with van der Waals surface area (Å²) in [5.41, 5.74) is 3.03. The summed E-state index contributed by atoms with van der Waals surface area (Å²) in [5.74, 6) is -4.47. The molecule has 18 heavy (non-hydrogen) atoms. The molecule has 0 amide bonds. The van der Waals surface area contributed by atoms with Crippen molar-refractivity contribution in [3.8, 4) is 0 Å². The van der Waals surface area contributed by atoms with Gasteiger partial charge in [-0.2, -0.15) is 8.78 Å². The number of benzene rings is 1. The topological polar surface area (TPSA) is 47.6 Å². The molecular weight excluding hydrogens is 252 g/mol. The minimum Gasteiger partial charge on any atom is -0.366 e. The Labute approximate surface area is 100 Å². The molecule has 1 aliphatic rings. The molecule has 1 aliphatic heterocycles. The predicted molar refractivity (Wildman–Crippen MR) is 56.6 cm³/mol. The molecule has 0 spiro atoms. The SMILES string of the molecule is NC1(C(F)(F)C(F)F)CC(c2ccccc2)=NO1. The number of oxime groups is 1. The Morgan fingerprint density at radius 1 is 1.28 bits per heavy atom. The first-order valence-electron chi connectivity index (χ1n) is 5.12. The van der Waals surface area contributed by atoms with Gasteiger partial charge < -0.3 is 4.84 Å². The molecular formula is C11H10F4N2O. The van der Waals surface area contributed by atoms with Crippen molar-refractivity contribution in [2.75, 3.05) is 0 Å². The van der Waals surface area contributed by atoms with Crippen LogP contribution in [0.5, 0.6) is 0 Å². The lowest BCUT2D eigenvalue weighted by atomic mass is 9.97. The van der Waals surface area contributed by atoms with Crippen LogP contribution in [0.2, 0.25) is 0 Å². The van der Waals surface area contributed by atoms with Gasteiger partial charge in [0.05, 0.1) is 12.1 Å². The van der Waals surface area contributed by atoms with E-state index in [0.29, 0.717) is 5.56 Å². The minimum absolute atomic E-state index is 0.124. The lowest BCUT2D eigenvalue weighted by molar-refractivity contribution is -0.250. The van der Waals surface area contributed by atoms with Crippen molar-refractivity contribution in [3.63, 3.8) is 0 Å². The summed E-state index contributed by atoms with van der Waals surface area (Å²) in [4.78, 5) is 4.37. The van der Waals surface area contributed by atoms with Crippen molar-refractivity contribution in [2.24, 2.45) is 10.9 Å². The fourth-order valence-corrected chi connectivity index (χ4v) is 1.60. The molecule has 1 heterocycles. The molecule has 1 atom stereocenters. The Balaban J connectivity index is 2.21. The number of nitrogens with zero attached hydrogens (tertiary/aromatic N) is 1. The number of nitrogens with two attached hydrogens (primary N) is 1. The molecule has 3 nitrogen and oxygen atoms in total. The van der Waals surface area contributed by atoms with E-state index in [4.69, 9.17) is 5.73 Å². The molecule has 98 valence electrons. The molecule has 1 unspecified atom stereocenters. The van der Waals surface area contributed by atoms with Gasteiger partial charge in [-0.1, -0.05) is 35.5 Å². The van der Waals surface area contributed by atoms with E-state index in [1.54, 1.807) is 30.3 Å². The molecule has 2 N–H and O–H groups in total. The highest BCUT2D eigenvalue weighted by Gasteiger charge is 2.63. The van der Waals surface area contributed by atoms with Crippen LogP contribution in [0.3, 0.4) is 0 Å². The van der Waals surface area contributed by atoms with Gasteiger partial charge in [-0.05, 0) is 5.56 Å². The molecule has 1 aromatic rings. The van der Waals surface area contributed by atoms with E-state index in [1.807, 2.05) is 0 Å². The first-order chi connectivity index (χ1) is 8.37. The van der Waals surface area contributed by atoms with Crippen molar-refractivity contribution in [1.29, 1.82) is 0 Å². The standard InChI is InChI=1S/C11H10F4N2O/c12-9(13)11(14,15)10(16)6-8(17-18-10)7-4-2-1-3-5-7/h1-5,9H,6,16H2. The van der Waals surface area contributed by atoms with E-state index in [9.17, 15) is 17.6 Å². The number of alkyl halides is 4. The second kappa shape index (κ2) is 4.24. The zero-order valence-corrected chi connectivity index (χ0v) is 9.12. The third kappa shape index (κ3) is 1.94. The van der Waals surface area contributed by atoms with Crippen LogP contribution in [-0.2, 0) is 4.84 Å². The normalized spacial score (nSPS) is 24.0. The summed E-state index contributed by atoms with van der Waals surface area (Å²) in [6.07, 6.45) is -4.48. The van der Waals surface area contributed by atoms with Crippen LogP contribution in [0.1, 0.15) is 12.0 Å². The lowest BCUT2D eigenvalue weighted by Crippen LogP contribution is -2.59. The summed E-state index contributed by atoms with van der Waals surface area (Å²) in [6, 6.07) is 8.27. The molecule has 0 bridgehead atoms. The first-order valence-corrected chi connectivity index (χ1v) is 5.12. The molecule has 1 aromatic carbocycles. The molecule has 0 aliphatic carbocycles. The quantitative estimate of drug-likeness (QED) is 0.850. The van der Waals surface area contributed by atoms with Gasteiger partial charge in [0.25, 0.3) is 5.72 Å². The summed E-state index contributed by atoms with van der Waals surface area (Å²) < 4.78 is 51.1. The van der Waals surface area contributed by atoms with Crippen molar-refractivity contribution in [3.05, 3.63) is 35.9 Å². The Morgan fingerprint density at radius 2 is 1.89 bits per heavy atom. The highest BCUT2D eigenvalue weighted by atomic mass is 19.3. The molecule has 7 heteroatoms. The monoisotopic (exact) mass is 262 g/mol. The average molecular weight is 262 g/mol. The molecule has 2 rings (SSSR count). The second-order valence-electron chi connectivity index (χ2n) is 3.99. The van der Waals surface area contributed by atoms with Crippen molar-refractivity contribution < 1.29 is 22.4 Å². The fourth-order valence-electron chi connectivity index (χ4n) is 1.60. The number of hydrogen-bond donors (Lipinski definition) is 1. The molecule has 0 radical (unpaired) electrons. The minimum atomic E-state index is -4.47. The Morgan fingerprint density at radius 3 is 2.44 bits per heavy atom. The van der Waals surface area contributed by atoms with Crippen LogP contribution in [0.4, 0.5) is 17.6 Å². The van der Waals surface area contributed by atoms with Crippen LogP contribution >= 0.6 is 0 Å². The predicted octanol–water partition coefficient (Wildman–Crippen LogP) is 2.37. The smallest absolute Gasteiger partial charge is 0.362 e. The zero-order chi connectivity index (χ0) is 13.4. The number of hydrogen-bond acceptors (Lipinski definition) is 3. The maximum absolute atomic E-state index is 13.3. The third-order valence-corrected chi connectivity index (χ3v) is 2.69. The van der Waals surface area contributed by atoms with Crippen LogP contribution in [0.25, 0.3) is 0 Å². The number of halogens is 4. The van der Waals surface area contributed by atoms with E-state index < -0.39 is 24.5 Å². The maximum atomic E-state index is 13.3. The van der Waals surface area contributed by atoms with Crippen molar-refractivity contribution >= 4 is 5.71 Å². The molecule has 0 aromatic heterocycles. The van der Waals surface area contributed by atoms with Gasteiger partial charge in [0.1, 0.15) is 0 Å². The van der Waals surface area contributed by atoms with Crippen LogP contribution < -0.4 is 5.73 Å². The van der Waals surface area contributed by atoms with E-state index >= 15 is 0 Å². The van der Waals surface area contributed by atoms with Gasteiger partial charge in [0.2, 0.25) is 0 Å². The van der Waals surface area contributed by atoms with Crippen molar-refractivity contribution in [1.82, 2.24) is 0 Å². The van der Waals surface area contributed by atoms with Crippen molar-refractivity contribution in [2.45, 2.75) is 24.5 Å². The van der Waals surface area contributed by atoms with Gasteiger partial charge in [-0.25, -0.2) is 8.78 Å². The first kappa shape index (κ1) is 12.8. The summed E-state index contributed by atoms with van der Waals surface area (Å²) >= 11 is 0. The third-order valence-electron chi connectivity index (χ3n) is 2.69. The molecule has 0 saturated carbocycles. The second-order valence-corrected chi connectivity index (χ2v) is 3.99. The van der Waals surface area contributed by atoms with Gasteiger partial charge in [-0.15, -0.1) is 0 Å². The van der Waals surface area contributed by atoms with Gasteiger partial charge in [0.15, 0.2) is 0 Å². The summed E-state index contributed by atoms with van der Waals surface area (Å²) in [5, 5.41) is 3.39. The Kier molecular flexibility index (Phi) is 3.02. The van der Waals surface area contributed by atoms with Crippen LogP contribution in [0.15, 0.2) is 35.5 Å². The van der Waals surface area contributed by atoms with Gasteiger partial charge >= 0.3 is 12.3 Å². The van der Waals surface area contributed by atoms with E-state index in [2.05, 4.69) is 9.99 Å². The zero-order valence-electron chi connectivity index (χ0n) is 9.12.